The summed E-state index contributed by atoms with van der Waals surface area (Å²) in [6.45, 7) is 4.41. The van der Waals surface area contributed by atoms with Crippen LogP contribution in [0, 0.1) is 0 Å². The highest BCUT2D eigenvalue weighted by Crippen LogP contribution is 2.30. The maximum atomic E-state index is 4.97. The number of piperazine rings is 1. The van der Waals surface area contributed by atoms with E-state index < -0.39 is 0 Å². The molecule has 1 atom stereocenters. The molecule has 0 amide bonds. The largest absolute Gasteiger partial charge is 0.353 e. The fourth-order valence-electron chi connectivity index (χ4n) is 3.89. The lowest BCUT2D eigenvalue weighted by Crippen LogP contribution is -2.46. The molecule has 0 saturated carbocycles. The van der Waals surface area contributed by atoms with Crippen LogP contribution in [0.25, 0.3) is 11.4 Å². The zero-order chi connectivity index (χ0) is 18.1. The molecule has 1 unspecified atom stereocenters. The summed E-state index contributed by atoms with van der Waals surface area (Å²) >= 11 is 0. The summed E-state index contributed by atoms with van der Waals surface area (Å²) in [5.41, 5.74) is 4.62. The molecule has 4 heterocycles. The van der Waals surface area contributed by atoms with Crippen molar-refractivity contribution in [2.24, 2.45) is 0 Å². The Morgan fingerprint density at radius 3 is 2.78 bits per heavy atom. The van der Waals surface area contributed by atoms with Gasteiger partial charge in [0.1, 0.15) is 5.82 Å². The van der Waals surface area contributed by atoms with Crippen molar-refractivity contribution in [3.63, 3.8) is 0 Å². The van der Waals surface area contributed by atoms with Crippen molar-refractivity contribution in [1.82, 2.24) is 25.6 Å². The third-order valence-electron chi connectivity index (χ3n) is 5.26. The SMILES string of the molecule is c1ccc(C2CN(c3nc(-c4cccnc4)nc4c3CNC4)CCN2)cc1. The highest BCUT2D eigenvalue weighted by molar-refractivity contribution is 5.61. The molecular formula is C21H22N6. The summed E-state index contributed by atoms with van der Waals surface area (Å²) in [4.78, 5) is 16.4. The number of fused-ring (bicyclic) bond motifs is 1. The molecule has 3 aromatic rings. The standard InChI is InChI=1S/C21H22N6/c1-2-5-15(6-3-1)19-14-27(10-9-24-19)21-17-12-23-13-18(17)25-20(26-21)16-7-4-8-22-11-16/h1-8,11,19,23-24H,9-10,12-14H2. The van der Waals surface area contributed by atoms with Crippen molar-refractivity contribution < 1.29 is 0 Å². The van der Waals surface area contributed by atoms with Gasteiger partial charge < -0.3 is 15.5 Å². The summed E-state index contributed by atoms with van der Waals surface area (Å²) in [7, 11) is 0. The van der Waals surface area contributed by atoms with E-state index in [4.69, 9.17) is 9.97 Å². The van der Waals surface area contributed by atoms with Crippen LogP contribution in [-0.4, -0.2) is 34.6 Å². The second kappa shape index (κ2) is 7.06. The topological polar surface area (TPSA) is 66.0 Å². The summed E-state index contributed by atoms with van der Waals surface area (Å²) in [5, 5.41) is 7.07. The van der Waals surface area contributed by atoms with Crippen molar-refractivity contribution in [3.05, 3.63) is 71.7 Å². The van der Waals surface area contributed by atoms with Gasteiger partial charge in [0.25, 0.3) is 0 Å². The van der Waals surface area contributed by atoms with E-state index in [1.807, 2.05) is 18.3 Å². The molecule has 6 heteroatoms. The molecule has 136 valence electrons. The molecule has 2 aromatic heterocycles. The van der Waals surface area contributed by atoms with E-state index in [1.165, 1.54) is 11.1 Å². The van der Waals surface area contributed by atoms with Gasteiger partial charge in [-0.2, -0.15) is 0 Å². The molecule has 0 aliphatic carbocycles. The maximum absolute atomic E-state index is 4.97. The first-order chi connectivity index (χ1) is 13.4. The van der Waals surface area contributed by atoms with Crippen molar-refractivity contribution in [3.8, 4) is 11.4 Å². The number of nitrogens with zero attached hydrogens (tertiary/aromatic N) is 4. The molecule has 2 aliphatic rings. The molecule has 0 spiro atoms. The van der Waals surface area contributed by atoms with E-state index in [2.05, 4.69) is 50.8 Å². The van der Waals surface area contributed by atoms with Crippen LogP contribution in [-0.2, 0) is 13.1 Å². The van der Waals surface area contributed by atoms with Crippen LogP contribution >= 0.6 is 0 Å². The molecule has 0 bridgehead atoms. The fraction of sp³-hybridized carbons (Fsp3) is 0.286. The predicted molar refractivity (Wildman–Crippen MR) is 105 cm³/mol. The lowest BCUT2D eigenvalue weighted by molar-refractivity contribution is 0.468. The van der Waals surface area contributed by atoms with E-state index >= 15 is 0 Å². The fourth-order valence-corrected chi connectivity index (χ4v) is 3.89. The molecule has 1 fully saturated rings. The van der Waals surface area contributed by atoms with Gasteiger partial charge >= 0.3 is 0 Å². The molecule has 0 radical (unpaired) electrons. The van der Waals surface area contributed by atoms with Crippen LogP contribution in [0.2, 0.25) is 0 Å². The van der Waals surface area contributed by atoms with Crippen LogP contribution in [0.15, 0.2) is 54.9 Å². The molecule has 2 N–H and O–H groups in total. The molecule has 5 rings (SSSR count). The zero-order valence-corrected chi connectivity index (χ0v) is 15.1. The highest BCUT2D eigenvalue weighted by Gasteiger charge is 2.27. The van der Waals surface area contributed by atoms with Gasteiger partial charge in [0.2, 0.25) is 0 Å². The van der Waals surface area contributed by atoms with Gasteiger partial charge in [-0.15, -0.1) is 0 Å². The minimum absolute atomic E-state index is 0.307. The van der Waals surface area contributed by atoms with Crippen LogP contribution < -0.4 is 15.5 Å². The monoisotopic (exact) mass is 358 g/mol. The van der Waals surface area contributed by atoms with Crippen molar-refractivity contribution in [2.45, 2.75) is 19.1 Å². The van der Waals surface area contributed by atoms with Crippen molar-refractivity contribution >= 4 is 5.82 Å². The van der Waals surface area contributed by atoms with E-state index in [-0.39, 0.29) is 0 Å². The van der Waals surface area contributed by atoms with Gasteiger partial charge in [-0.1, -0.05) is 30.3 Å². The second-order valence-corrected chi connectivity index (χ2v) is 7.00. The first kappa shape index (κ1) is 16.4. The Kier molecular flexibility index (Phi) is 4.27. The van der Waals surface area contributed by atoms with Crippen molar-refractivity contribution in [2.75, 3.05) is 24.5 Å². The zero-order valence-electron chi connectivity index (χ0n) is 15.1. The Morgan fingerprint density at radius 1 is 1.00 bits per heavy atom. The number of hydrogen-bond acceptors (Lipinski definition) is 6. The quantitative estimate of drug-likeness (QED) is 0.749. The normalized spacial score (nSPS) is 19.1. The van der Waals surface area contributed by atoms with Crippen LogP contribution in [0.1, 0.15) is 22.9 Å². The number of nitrogens with one attached hydrogen (secondary N) is 2. The predicted octanol–water partition coefficient (Wildman–Crippen LogP) is 2.29. The highest BCUT2D eigenvalue weighted by atomic mass is 15.3. The lowest BCUT2D eigenvalue weighted by Gasteiger charge is -2.35. The van der Waals surface area contributed by atoms with Gasteiger partial charge in [-0.05, 0) is 17.7 Å². The first-order valence-corrected chi connectivity index (χ1v) is 9.42. The van der Waals surface area contributed by atoms with Gasteiger partial charge in [-0.25, -0.2) is 9.97 Å². The second-order valence-electron chi connectivity index (χ2n) is 7.00. The Labute approximate surface area is 158 Å². The first-order valence-electron chi connectivity index (χ1n) is 9.42. The average molecular weight is 358 g/mol. The third-order valence-corrected chi connectivity index (χ3v) is 5.26. The summed E-state index contributed by atoms with van der Waals surface area (Å²) < 4.78 is 0. The van der Waals surface area contributed by atoms with Crippen LogP contribution in [0.4, 0.5) is 5.82 Å². The molecular weight excluding hydrogens is 336 g/mol. The minimum atomic E-state index is 0.307. The maximum Gasteiger partial charge on any atom is 0.163 e. The van der Waals surface area contributed by atoms with E-state index in [9.17, 15) is 0 Å². The Balaban J connectivity index is 1.51. The number of pyridine rings is 1. The molecule has 27 heavy (non-hydrogen) atoms. The van der Waals surface area contributed by atoms with Gasteiger partial charge in [-0.3, -0.25) is 4.98 Å². The summed E-state index contributed by atoms with van der Waals surface area (Å²) in [6, 6.07) is 14.9. The van der Waals surface area contributed by atoms with E-state index in [0.29, 0.717) is 6.04 Å². The minimum Gasteiger partial charge on any atom is -0.353 e. The molecule has 2 aliphatic heterocycles. The molecule has 6 nitrogen and oxygen atoms in total. The van der Waals surface area contributed by atoms with Crippen molar-refractivity contribution in [1.29, 1.82) is 0 Å². The third kappa shape index (κ3) is 3.18. The number of anilines is 1. The number of benzene rings is 1. The molecule has 1 aromatic carbocycles. The number of hydrogen-bond donors (Lipinski definition) is 2. The lowest BCUT2D eigenvalue weighted by atomic mass is 10.0. The summed E-state index contributed by atoms with van der Waals surface area (Å²) in [6.07, 6.45) is 3.61. The average Bonchev–Trinajstić information content (AvgIpc) is 3.23. The molecule has 1 saturated heterocycles. The Morgan fingerprint density at radius 2 is 1.93 bits per heavy atom. The summed E-state index contributed by atoms with van der Waals surface area (Å²) in [5.74, 6) is 1.82. The Hall–Kier alpha value is -2.83. The van der Waals surface area contributed by atoms with E-state index in [1.54, 1.807) is 6.20 Å². The number of aromatic nitrogens is 3. The van der Waals surface area contributed by atoms with Gasteiger partial charge in [0, 0.05) is 62.3 Å². The smallest absolute Gasteiger partial charge is 0.163 e. The van der Waals surface area contributed by atoms with Gasteiger partial charge in [0.05, 0.1) is 5.69 Å². The van der Waals surface area contributed by atoms with E-state index in [0.717, 1.165) is 55.6 Å². The van der Waals surface area contributed by atoms with Gasteiger partial charge in [0.15, 0.2) is 5.82 Å². The van der Waals surface area contributed by atoms with Crippen LogP contribution in [0.5, 0.6) is 0 Å². The van der Waals surface area contributed by atoms with Crippen LogP contribution in [0.3, 0.4) is 0 Å². The number of rotatable bonds is 3. The Bertz CT molecular complexity index is 928.